The zero-order valence-corrected chi connectivity index (χ0v) is 10.9. The molecule has 1 aromatic heterocycles. The Morgan fingerprint density at radius 1 is 1.37 bits per heavy atom. The van der Waals surface area contributed by atoms with E-state index >= 15 is 0 Å². The van der Waals surface area contributed by atoms with Crippen molar-refractivity contribution in [2.45, 2.75) is 13.5 Å². The Balaban J connectivity index is 2.79. The van der Waals surface area contributed by atoms with E-state index in [1.807, 2.05) is 6.92 Å². The average Bonchev–Trinajstić information content (AvgIpc) is 2.40. The number of nitrogens with one attached hydrogen (secondary N) is 1. The van der Waals surface area contributed by atoms with E-state index < -0.39 is 0 Å². The summed E-state index contributed by atoms with van der Waals surface area (Å²) < 4.78 is 1.27. The van der Waals surface area contributed by atoms with Crippen LogP contribution in [-0.2, 0) is 6.54 Å². The first-order chi connectivity index (χ1) is 9.04. The van der Waals surface area contributed by atoms with Gasteiger partial charge in [-0.1, -0.05) is 30.4 Å². The van der Waals surface area contributed by atoms with Crippen LogP contribution >= 0.6 is 0 Å². The maximum absolute atomic E-state index is 12.3. The van der Waals surface area contributed by atoms with Crippen LogP contribution in [0.1, 0.15) is 17.4 Å². The lowest BCUT2D eigenvalue weighted by Crippen LogP contribution is -2.29. The molecule has 0 bridgehead atoms. The maximum atomic E-state index is 12.3. The van der Waals surface area contributed by atoms with Crippen LogP contribution in [0.2, 0.25) is 0 Å². The van der Waals surface area contributed by atoms with Crippen LogP contribution < -0.4 is 10.9 Å². The van der Waals surface area contributed by atoms with Gasteiger partial charge < -0.3 is 5.32 Å². The fraction of sp³-hybridized carbons (Fsp3) is 0.214. The Kier molecular flexibility index (Phi) is 3.46. The summed E-state index contributed by atoms with van der Waals surface area (Å²) in [6, 6.07) is 6.96. The zero-order chi connectivity index (χ0) is 14.0. The van der Waals surface area contributed by atoms with E-state index in [4.69, 9.17) is 0 Å². The van der Waals surface area contributed by atoms with Gasteiger partial charge in [-0.15, -0.1) is 0 Å². The molecule has 1 amide bonds. The van der Waals surface area contributed by atoms with Crippen molar-refractivity contribution in [3.05, 3.63) is 52.5 Å². The number of amides is 1. The molecule has 0 saturated carbocycles. The Morgan fingerprint density at radius 2 is 2.00 bits per heavy atom. The molecule has 2 aromatic rings. The first-order valence-electron chi connectivity index (χ1n) is 5.91. The average molecular weight is 257 g/mol. The van der Waals surface area contributed by atoms with Crippen molar-refractivity contribution in [1.82, 2.24) is 15.1 Å². The molecule has 1 aromatic carbocycles. The molecular formula is C14H15N3O2. The summed E-state index contributed by atoms with van der Waals surface area (Å²) in [7, 11) is 1.53. The standard InChI is InChI=1S/C14H15N3O2/c1-9(2)8-17-14(19)11-7-5-4-6-10(11)12(16-17)13(18)15-3/h4-7H,1,8H2,2-3H3,(H,15,18). The van der Waals surface area contributed by atoms with Crippen molar-refractivity contribution in [3.8, 4) is 0 Å². The van der Waals surface area contributed by atoms with Gasteiger partial charge in [0, 0.05) is 12.4 Å². The quantitative estimate of drug-likeness (QED) is 0.844. The number of carbonyl (C=O) groups is 1. The highest BCUT2D eigenvalue weighted by atomic mass is 16.2. The van der Waals surface area contributed by atoms with Gasteiger partial charge >= 0.3 is 0 Å². The lowest BCUT2D eigenvalue weighted by atomic mass is 10.1. The first kappa shape index (κ1) is 13.0. The predicted octanol–water partition coefficient (Wildman–Crippen LogP) is 1.33. The van der Waals surface area contributed by atoms with Gasteiger partial charge in [-0.05, 0) is 13.0 Å². The van der Waals surface area contributed by atoms with Gasteiger partial charge in [0.2, 0.25) is 0 Å². The normalized spacial score (nSPS) is 10.4. The van der Waals surface area contributed by atoms with E-state index in [2.05, 4.69) is 17.0 Å². The van der Waals surface area contributed by atoms with E-state index in [0.29, 0.717) is 17.3 Å². The van der Waals surface area contributed by atoms with Gasteiger partial charge in [0.1, 0.15) is 0 Å². The third-order valence-corrected chi connectivity index (χ3v) is 2.73. The van der Waals surface area contributed by atoms with E-state index in [-0.39, 0.29) is 17.2 Å². The van der Waals surface area contributed by atoms with Crippen molar-refractivity contribution in [2.24, 2.45) is 0 Å². The third kappa shape index (κ3) is 2.40. The van der Waals surface area contributed by atoms with Gasteiger partial charge in [-0.3, -0.25) is 9.59 Å². The largest absolute Gasteiger partial charge is 0.354 e. The highest BCUT2D eigenvalue weighted by Gasteiger charge is 2.15. The zero-order valence-electron chi connectivity index (χ0n) is 10.9. The molecule has 0 radical (unpaired) electrons. The van der Waals surface area contributed by atoms with E-state index in [0.717, 1.165) is 5.57 Å². The van der Waals surface area contributed by atoms with Crippen molar-refractivity contribution in [1.29, 1.82) is 0 Å². The third-order valence-electron chi connectivity index (χ3n) is 2.73. The number of carbonyl (C=O) groups excluding carboxylic acids is 1. The smallest absolute Gasteiger partial charge is 0.274 e. The van der Waals surface area contributed by atoms with Crippen LogP contribution in [-0.4, -0.2) is 22.7 Å². The van der Waals surface area contributed by atoms with Crippen molar-refractivity contribution >= 4 is 16.7 Å². The van der Waals surface area contributed by atoms with Gasteiger partial charge in [0.15, 0.2) is 5.69 Å². The molecule has 0 fully saturated rings. The molecule has 0 spiro atoms. The second-order valence-corrected chi connectivity index (χ2v) is 4.39. The first-order valence-corrected chi connectivity index (χ1v) is 5.91. The number of hydrogen-bond acceptors (Lipinski definition) is 3. The van der Waals surface area contributed by atoms with E-state index in [1.165, 1.54) is 11.7 Å². The van der Waals surface area contributed by atoms with Crippen LogP contribution in [0, 0.1) is 0 Å². The highest BCUT2D eigenvalue weighted by Crippen LogP contribution is 2.13. The van der Waals surface area contributed by atoms with Crippen molar-refractivity contribution in [3.63, 3.8) is 0 Å². The summed E-state index contributed by atoms with van der Waals surface area (Å²) in [5.74, 6) is -0.313. The van der Waals surface area contributed by atoms with Crippen molar-refractivity contribution in [2.75, 3.05) is 7.05 Å². The number of hydrogen-bond donors (Lipinski definition) is 1. The maximum Gasteiger partial charge on any atom is 0.274 e. The van der Waals surface area contributed by atoms with Gasteiger partial charge in [0.05, 0.1) is 11.9 Å². The molecule has 1 N–H and O–H groups in total. The topological polar surface area (TPSA) is 64.0 Å². The molecule has 19 heavy (non-hydrogen) atoms. The number of nitrogens with zero attached hydrogens (tertiary/aromatic N) is 2. The molecule has 5 nitrogen and oxygen atoms in total. The lowest BCUT2D eigenvalue weighted by Gasteiger charge is -2.09. The molecule has 5 heteroatoms. The Hall–Kier alpha value is -2.43. The van der Waals surface area contributed by atoms with Gasteiger partial charge in [-0.2, -0.15) is 5.10 Å². The summed E-state index contributed by atoms with van der Waals surface area (Å²) in [4.78, 5) is 24.1. The molecule has 0 unspecified atom stereocenters. The molecule has 0 aliphatic carbocycles. The molecule has 98 valence electrons. The van der Waals surface area contributed by atoms with E-state index in [9.17, 15) is 9.59 Å². The number of fused-ring (bicyclic) bond motifs is 1. The lowest BCUT2D eigenvalue weighted by molar-refractivity contribution is 0.0957. The molecule has 0 aliphatic heterocycles. The molecule has 1 heterocycles. The monoisotopic (exact) mass is 257 g/mol. The number of aromatic nitrogens is 2. The van der Waals surface area contributed by atoms with E-state index in [1.54, 1.807) is 24.3 Å². The second-order valence-electron chi connectivity index (χ2n) is 4.39. The number of rotatable bonds is 3. The molecule has 0 aliphatic rings. The van der Waals surface area contributed by atoms with Crippen molar-refractivity contribution < 1.29 is 4.79 Å². The minimum Gasteiger partial charge on any atom is -0.354 e. The van der Waals surface area contributed by atoms with Gasteiger partial charge in [-0.25, -0.2) is 4.68 Å². The second kappa shape index (κ2) is 5.06. The molecular weight excluding hydrogens is 242 g/mol. The van der Waals surface area contributed by atoms with Crippen LogP contribution in [0.5, 0.6) is 0 Å². The SMILES string of the molecule is C=C(C)Cn1nc(C(=O)NC)c2ccccc2c1=O. The predicted molar refractivity (Wildman–Crippen MR) is 74.2 cm³/mol. The number of benzene rings is 1. The Labute approximate surface area is 110 Å². The van der Waals surface area contributed by atoms with Crippen LogP contribution in [0.15, 0.2) is 41.2 Å². The van der Waals surface area contributed by atoms with Crippen LogP contribution in [0.25, 0.3) is 10.8 Å². The number of allylic oxidation sites excluding steroid dienone is 1. The minimum atomic E-state index is -0.313. The molecule has 0 saturated heterocycles. The minimum absolute atomic E-state index is 0.216. The summed E-state index contributed by atoms with van der Waals surface area (Å²) >= 11 is 0. The molecule has 0 atom stereocenters. The summed E-state index contributed by atoms with van der Waals surface area (Å²) in [6.07, 6.45) is 0. The summed E-state index contributed by atoms with van der Waals surface area (Å²) in [5.41, 5.74) is 0.831. The molecule has 2 rings (SSSR count). The Morgan fingerprint density at radius 3 is 2.58 bits per heavy atom. The fourth-order valence-corrected chi connectivity index (χ4v) is 1.88. The fourth-order valence-electron chi connectivity index (χ4n) is 1.88. The summed E-state index contributed by atoms with van der Waals surface area (Å²) in [6.45, 7) is 5.87. The van der Waals surface area contributed by atoms with Crippen LogP contribution in [0.4, 0.5) is 0 Å². The highest BCUT2D eigenvalue weighted by molar-refractivity contribution is 6.04. The van der Waals surface area contributed by atoms with Gasteiger partial charge in [0.25, 0.3) is 11.5 Å². The van der Waals surface area contributed by atoms with Crippen LogP contribution in [0.3, 0.4) is 0 Å². The Bertz CT molecular complexity index is 716. The summed E-state index contributed by atoms with van der Waals surface area (Å²) in [5, 5.41) is 7.72.